The zero-order chi connectivity index (χ0) is 12.3. The van der Waals surface area contributed by atoms with Crippen molar-refractivity contribution in [2.45, 2.75) is 13.1 Å². The van der Waals surface area contributed by atoms with Gasteiger partial charge in [0.05, 0.1) is 18.4 Å². The zero-order valence-electron chi connectivity index (χ0n) is 8.55. The summed E-state index contributed by atoms with van der Waals surface area (Å²) in [5, 5.41) is 0. The molecule has 1 aromatic heterocycles. The van der Waals surface area contributed by atoms with Gasteiger partial charge in [-0.3, -0.25) is 9.63 Å². The summed E-state index contributed by atoms with van der Waals surface area (Å²) in [6.07, 6.45) is -4.51. The highest BCUT2D eigenvalue weighted by Gasteiger charge is 2.33. The number of aryl methyl sites for hydroxylation is 1. The monoisotopic (exact) mass is 234 g/mol. The first-order valence-corrected chi connectivity index (χ1v) is 4.24. The van der Waals surface area contributed by atoms with Gasteiger partial charge in [0.2, 0.25) is 0 Å². The summed E-state index contributed by atoms with van der Waals surface area (Å²) in [6, 6.07) is 1.80. The highest BCUT2D eigenvalue weighted by atomic mass is 19.4. The summed E-state index contributed by atoms with van der Waals surface area (Å²) in [5.41, 5.74) is 0.999. The first-order chi connectivity index (χ1) is 7.36. The molecule has 1 aromatic rings. The predicted molar refractivity (Wildman–Crippen MR) is 48.5 cm³/mol. The van der Waals surface area contributed by atoms with Crippen molar-refractivity contribution in [3.05, 3.63) is 29.1 Å². The Hall–Kier alpha value is -1.63. The van der Waals surface area contributed by atoms with Gasteiger partial charge in [-0.2, -0.15) is 13.2 Å². The van der Waals surface area contributed by atoms with Crippen LogP contribution in [0.1, 0.15) is 21.7 Å². The Balaban J connectivity index is 3.05. The Morgan fingerprint density at radius 2 is 2.06 bits per heavy atom. The second kappa shape index (κ2) is 4.48. The summed E-state index contributed by atoms with van der Waals surface area (Å²) >= 11 is 0. The lowest BCUT2D eigenvalue weighted by molar-refractivity contribution is -0.141. The van der Waals surface area contributed by atoms with Gasteiger partial charge in [0.25, 0.3) is 5.91 Å². The molecule has 0 radical (unpaired) electrons. The molecule has 0 saturated carbocycles. The number of carbonyl (C=O) groups excluding carboxylic acids is 1. The summed E-state index contributed by atoms with van der Waals surface area (Å²) in [4.78, 5) is 18.9. The van der Waals surface area contributed by atoms with Crippen LogP contribution >= 0.6 is 0 Å². The highest BCUT2D eigenvalue weighted by Crippen LogP contribution is 2.28. The van der Waals surface area contributed by atoms with Crippen molar-refractivity contribution in [1.29, 1.82) is 0 Å². The number of rotatable bonds is 2. The van der Waals surface area contributed by atoms with E-state index in [4.69, 9.17) is 0 Å². The van der Waals surface area contributed by atoms with Crippen molar-refractivity contribution in [3.63, 3.8) is 0 Å². The highest BCUT2D eigenvalue weighted by molar-refractivity contribution is 5.94. The lowest BCUT2D eigenvalue weighted by Gasteiger charge is -2.09. The third-order valence-electron chi connectivity index (χ3n) is 1.82. The van der Waals surface area contributed by atoms with Gasteiger partial charge in [-0.05, 0) is 19.1 Å². The molecular formula is C9H9F3N2O2. The molecule has 0 saturated heterocycles. The number of pyridine rings is 1. The van der Waals surface area contributed by atoms with Crippen LogP contribution in [0.2, 0.25) is 0 Å². The van der Waals surface area contributed by atoms with Crippen molar-refractivity contribution in [2.75, 3.05) is 7.11 Å². The second-order valence-corrected chi connectivity index (χ2v) is 2.96. The number of carbonyl (C=O) groups is 1. The van der Waals surface area contributed by atoms with Crippen molar-refractivity contribution >= 4 is 5.91 Å². The Kier molecular flexibility index (Phi) is 3.48. The van der Waals surface area contributed by atoms with Crippen molar-refractivity contribution in [1.82, 2.24) is 10.5 Å². The van der Waals surface area contributed by atoms with Crippen LogP contribution in [0.5, 0.6) is 0 Å². The molecule has 0 aliphatic rings. The molecule has 7 heteroatoms. The summed E-state index contributed by atoms with van der Waals surface area (Å²) < 4.78 is 36.8. The van der Waals surface area contributed by atoms with E-state index in [1.54, 1.807) is 0 Å². The molecule has 0 unspecified atom stereocenters. The molecule has 0 atom stereocenters. The molecule has 0 fully saturated rings. The number of halogens is 3. The molecule has 1 amide bonds. The second-order valence-electron chi connectivity index (χ2n) is 2.96. The molecular weight excluding hydrogens is 225 g/mol. The van der Waals surface area contributed by atoms with E-state index in [-0.39, 0.29) is 11.3 Å². The average molecular weight is 234 g/mol. The molecule has 1 N–H and O–H groups in total. The van der Waals surface area contributed by atoms with Crippen LogP contribution in [0.4, 0.5) is 13.2 Å². The lowest BCUT2D eigenvalue weighted by Crippen LogP contribution is -2.23. The minimum absolute atomic E-state index is 0.00984. The van der Waals surface area contributed by atoms with E-state index in [1.807, 2.05) is 5.48 Å². The van der Waals surface area contributed by atoms with Crippen LogP contribution in [0, 0.1) is 6.92 Å². The molecule has 0 aliphatic heterocycles. The fraction of sp³-hybridized carbons (Fsp3) is 0.333. The maximum absolute atomic E-state index is 12.3. The van der Waals surface area contributed by atoms with Crippen molar-refractivity contribution in [2.24, 2.45) is 0 Å². The van der Waals surface area contributed by atoms with Gasteiger partial charge in [0.1, 0.15) is 5.69 Å². The molecule has 1 heterocycles. The Labute approximate surface area is 89.4 Å². The lowest BCUT2D eigenvalue weighted by atomic mass is 10.1. The van der Waals surface area contributed by atoms with Gasteiger partial charge < -0.3 is 0 Å². The van der Waals surface area contributed by atoms with Crippen LogP contribution in [-0.4, -0.2) is 18.0 Å². The molecule has 0 aliphatic carbocycles. The maximum atomic E-state index is 12.3. The molecule has 0 bridgehead atoms. The molecule has 0 aromatic carbocycles. The van der Waals surface area contributed by atoms with Crippen LogP contribution in [-0.2, 0) is 11.0 Å². The molecule has 0 spiro atoms. The maximum Gasteiger partial charge on any atom is 0.433 e. The normalized spacial score (nSPS) is 11.3. The quantitative estimate of drug-likeness (QED) is 0.792. The fourth-order valence-electron chi connectivity index (χ4n) is 1.11. The molecule has 1 rings (SSSR count). The van der Waals surface area contributed by atoms with E-state index < -0.39 is 17.8 Å². The smallest absolute Gasteiger partial charge is 0.277 e. The standard InChI is InChI=1S/C9H9F3N2O2/c1-5-6(8(15)14-16-2)3-4-7(13-5)9(10,11)12/h3-4H,1-2H3,(H,14,15). The number of hydroxylamine groups is 1. The molecule has 88 valence electrons. The van der Waals surface area contributed by atoms with Crippen LogP contribution < -0.4 is 5.48 Å². The number of hydrogen-bond donors (Lipinski definition) is 1. The van der Waals surface area contributed by atoms with E-state index in [9.17, 15) is 18.0 Å². The molecule has 16 heavy (non-hydrogen) atoms. The predicted octanol–water partition coefficient (Wildman–Crippen LogP) is 1.70. The Morgan fingerprint density at radius 1 is 1.44 bits per heavy atom. The van der Waals surface area contributed by atoms with E-state index >= 15 is 0 Å². The number of nitrogens with zero attached hydrogens (tertiary/aromatic N) is 1. The van der Waals surface area contributed by atoms with Gasteiger partial charge in [0.15, 0.2) is 0 Å². The number of hydrogen-bond acceptors (Lipinski definition) is 3. The van der Waals surface area contributed by atoms with Crippen LogP contribution in [0.3, 0.4) is 0 Å². The van der Waals surface area contributed by atoms with Crippen LogP contribution in [0.15, 0.2) is 12.1 Å². The first-order valence-electron chi connectivity index (χ1n) is 4.24. The first kappa shape index (κ1) is 12.4. The van der Waals surface area contributed by atoms with Gasteiger partial charge >= 0.3 is 6.18 Å². The topological polar surface area (TPSA) is 51.2 Å². The van der Waals surface area contributed by atoms with Gasteiger partial charge in [-0.15, -0.1) is 0 Å². The number of aromatic nitrogens is 1. The Bertz CT molecular complexity index is 404. The zero-order valence-corrected chi connectivity index (χ0v) is 8.55. The third-order valence-corrected chi connectivity index (χ3v) is 1.82. The van der Waals surface area contributed by atoms with E-state index in [2.05, 4.69) is 9.82 Å². The van der Waals surface area contributed by atoms with Crippen LogP contribution in [0.25, 0.3) is 0 Å². The Morgan fingerprint density at radius 3 is 2.50 bits per heavy atom. The van der Waals surface area contributed by atoms with E-state index in [1.165, 1.54) is 14.0 Å². The summed E-state index contributed by atoms with van der Waals surface area (Å²) in [7, 11) is 1.23. The average Bonchev–Trinajstić information content (AvgIpc) is 2.16. The van der Waals surface area contributed by atoms with Crippen molar-refractivity contribution in [3.8, 4) is 0 Å². The number of nitrogens with one attached hydrogen (secondary N) is 1. The number of alkyl halides is 3. The van der Waals surface area contributed by atoms with E-state index in [0.29, 0.717) is 0 Å². The van der Waals surface area contributed by atoms with Gasteiger partial charge in [-0.1, -0.05) is 0 Å². The molecule has 4 nitrogen and oxygen atoms in total. The fourth-order valence-corrected chi connectivity index (χ4v) is 1.11. The SMILES string of the molecule is CONC(=O)c1ccc(C(F)(F)F)nc1C. The van der Waals surface area contributed by atoms with Gasteiger partial charge in [-0.25, -0.2) is 10.5 Å². The summed E-state index contributed by atoms with van der Waals surface area (Å²) in [5.74, 6) is -0.638. The van der Waals surface area contributed by atoms with Crippen molar-refractivity contribution < 1.29 is 22.8 Å². The summed E-state index contributed by atoms with van der Waals surface area (Å²) in [6.45, 7) is 1.32. The van der Waals surface area contributed by atoms with E-state index in [0.717, 1.165) is 12.1 Å². The minimum Gasteiger partial charge on any atom is -0.277 e. The third kappa shape index (κ3) is 2.69. The van der Waals surface area contributed by atoms with Gasteiger partial charge in [0, 0.05) is 0 Å². The number of amides is 1. The largest absolute Gasteiger partial charge is 0.433 e. The minimum atomic E-state index is -4.51.